The summed E-state index contributed by atoms with van der Waals surface area (Å²) >= 11 is 0. The molecule has 0 heterocycles. The van der Waals surface area contributed by atoms with Crippen molar-refractivity contribution in [2.45, 2.75) is 13.3 Å². The normalized spacial score (nSPS) is 12.9. The smallest absolute Gasteiger partial charge is 0.235 e. The third-order valence-corrected chi connectivity index (χ3v) is 2.84. The van der Waals surface area contributed by atoms with E-state index >= 15 is 0 Å². The first-order valence-electron chi connectivity index (χ1n) is 6.05. The molecular formula is C13H20N4O2. The molecule has 0 aliphatic rings. The largest absolute Gasteiger partial charge is 0.409 e. The summed E-state index contributed by atoms with van der Waals surface area (Å²) in [7, 11) is 3.79. The molecule has 0 aliphatic carbocycles. The summed E-state index contributed by atoms with van der Waals surface area (Å²) in [5, 5.41) is 14.4. The lowest BCUT2D eigenvalue weighted by Gasteiger charge is -2.19. The van der Waals surface area contributed by atoms with E-state index in [2.05, 4.69) is 10.5 Å². The summed E-state index contributed by atoms with van der Waals surface area (Å²) < 4.78 is 0. The van der Waals surface area contributed by atoms with Gasteiger partial charge in [-0.3, -0.25) is 4.79 Å². The number of carbonyl (C=O) groups excluding carboxylic acids is 1. The summed E-state index contributed by atoms with van der Waals surface area (Å²) in [6.07, 6.45) is 0.464. The van der Waals surface area contributed by atoms with E-state index in [1.165, 1.54) is 0 Å². The summed E-state index contributed by atoms with van der Waals surface area (Å²) in [4.78, 5) is 14.0. The second kappa shape index (κ2) is 6.63. The summed E-state index contributed by atoms with van der Waals surface area (Å²) in [5.74, 6) is -1.00. The van der Waals surface area contributed by atoms with Crippen molar-refractivity contribution in [3.8, 4) is 0 Å². The highest BCUT2D eigenvalue weighted by molar-refractivity contribution is 6.08. The van der Waals surface area contributed by atoms with Crippen LogP contribution in [0.3, 0.4) is 0 Å². The lowest BCUT2D eigenvalue weighted by molar-refractivity contribution is -0.118. The number of amides is 1. The lowest BCUT2D eigenvalue weighted by Crippen LogP contribution is -2.34. The summed E-state index contributed by atoms with van der Waals surface area (Å²) in [6.45, 7) is 1.81. The van der Waals surface area contributed by atoms with Gasteiger partial charge in [-0.25, -0.2) is 0 Å². The van der Waals surface area contributed by atoms with Crippen molar-refractivity contribution in [1.29, 1.82) is 0 Å². The maximum absolute atomic E-state index is 12.1. The van der Waals surface area contributed by atoms with Gasteiger partial charge in [0.05, 0.1) is 17.3 Å². The predicted octanol–water partition coefficient (Wildman–Crippen LogP) is 1.46. The first-order valence-corrected chi connectivity index (χ1v) is 6.05. The van der Waals surface area contributed by atoms with Crippen LogP contribution in [-0.4, -0.2) is 31.0 Å². The fourth-order valence-electron chi connectivity index (χ4n) is 1.79. The van der Waals surface area contributed by atoms with E-state index in [1.807, 2.05) is 43.3 Å². The Morgan fingerprint density at radius 3 is 2.63 bits per heavy atom. The molecule has 1 unspecified atom stereocenters. The highest BCUT2D eigenvalue weighted by Gasteiger charge is 2.22. The van der Waals surface area contributed by atoms with Crippen LogP contribution < -0.4 is 16.0 Å². The molecule has 19 heavy (non-hydrogen) atoms. The topological polar surface area (TPSA) is 91.0 Å². The predicted molar refractivity (Wildman–Crippen MR) is 76.6 cm³/mol. The minimum Gasteiger partial charge on any atom is -0.409 e. The average Bonchev–Trinajstić information content (AvgIpc) is 2.39. The number of amidine groups is 1. The summed E-state index contributed by atoms with van der Waals surface area (Å²) in [6, 6.07) is 7.45. The number of rotatable bonds is 5. The van der Waals surface area contributed by atoms with Crippen molar-refractivity contribution in [3.05, 3.63) is 24.3 Å². The molecule has 104 valence electrons. The van der Waals surface area contributed by atoms with Crippen LogP contribution in [0.15, 0.2) is 29.4 Å². The molecule has 1 atom stereocenters. The van der Waals surface area contributed by atoms with Crippen LogP contribution >= 0.6 is 0 Å². The highest BCUT2D eigenvalue weighted by Crippen LogP contribution is 2.24. The second-order valence-corrected chi connectivity index (χ2v) is 4.39. The van der Waals surface area contributed by atoms with Crippen LogP contribution in [0.4, 0.5) is 11.4 Å². The molecule has 6 nitrogen and oxygen atoms in total. The fourth-order valence-corrected chi connectivity index (χ4v) is 1.79. The molecule has 0 spiro atoms. The van der Waals surface area contributed by atoms with Gasteiger partial charge in [0.15, 0.2) is 5.84 Å². The van der Waals surface area contributed by atoms with Gasteiger partial charge in [-0.15, -0.1) is 0 Å². The molecule has 0 fully saturated rings. The van der Waals surface area contributed by atoms with E-state index in [4.69, 9.17) is 10.9 Å². The van der Waals surface area contributed by atoms with Crippen molar-refractivity contribution in [1.82, 2.24) is 0 Å². The number of hydrogen-bond acceptors (Lipinski definition) is 4. The van der Waals surface area contributed by atoms with E-state index in [1.54, 1.807) is 6.92 Å². The molecule has 4 N–H and O–H groups in total. The molecule has 1 aromatic rings. The van der Waals surface area contributed by atoms with Gasteiger partial charge in [0.2, 0.25) is 5.91 Å². The zero-order chi connectivity index (χ0) is 14.4. The third kappa shape index (κ3) is 3.61. The average molecular weight is 264 g/mol. The Kier molecular flexibility index (Phi) is 5.17. The van der Waals surface area contributed by atoms with Crippen molar-refractivity contribution < 1.29 is 10.0 Å². The van der Waals surface area contributed by atoms with Gasteiger partial charge in [0.25, 0.3) is 0 Å². The first kappa shape index (κ1) is 14.8. The number of para-hydroxylation sites is 2. The van der Waals surface area contributed by atoms with Crippen LogP contribution in [0.1, 0.15) is 13.3 Å². The molecule has 1 rings (SSSR count). The number of benzene rings is 1. The zero-order valence-electron chi connectivity index (χ0n) is 11.4. The lowest BCUT2D eigenvalue weighted by atomic mass is 10.0. The Bertz CT molecular complexity index is 471. The van der Waals surface area contributed by atoms with Crippen LogP contribution in [-0.2, 0) is 4.79 Å². The van der Waals surface area contributed by atoms with Crippen molar-refractivity contribution in [2.24, 2.45) is 16.8 Å². The molecule has 6 heteroatoms. The molecule has 0 radical (unpaired) electrons. The molecule has 0 aliphatic heterocycles. The minimum absolute atomic E-state index is 0.0812. The number of hydrogen-bond donors (Lipinski definition) is 3. The maximum atomic E-state index is 12.1. The van der Waals surface area contributed by atoms with E-state index in [0.717, 1.165) is 5.69 Å². The van der Waals surface area contributed by atoms with Crippen LogP contribution in [0.25, 0.3) is 0 Å². The van der Waals surface area contributed by atoms with Crippen molar-refractivity contribution in [2.75, 3.05) is 24.3 Å². The SMILES string of the molecule is CCC(C(=O)Nc1ccccc1N(C)C)/C(N)=N/O. The van der Waals surface area contributed by atoms with E-state index < -0.39 is 5.92 Å². The molecule has 0 saturated heterocycles. The van der Waals surface area contributed by atoms with Crippen LogP contribution in [0.5, 0.6) is 0 Å². The van der Waals surface area contributed by atoms with Gasteiger partial charge in [-0.05, 0) is 18.6 Å². The van der Waals surface area contributed by atoms with Crippen molar-refractivity contribution >= 4 is 23.1 Å². The van der Waals surface area contributed by atoms with Gasteiger partial charge in [-0.2, -0.15) is 0 Å². The van der Waals surface area contributed by atoms with Crippen LogP contribution in [0.2, 0.25) is 0 Å². The van der Waals surface area contributed by atoms with Crippen LogP contribution in [0, 0.1) is 5.92 Å². The number of anilines is 2. The minimum atomic E-state index is -0.639. The highest BCUT2D eigenvalue weighted by atomic mass is 16.4. The Labute approximate surface area is 112 Å². The van der Waals surface area contributed by atoms with Gasteiger partial charge in [0, 0.05) is 14.1 Å². The number of nitrogens with one attached hydrogen (secondary N) is 1. The van der Waals surface area contributed by atoms with Gasteiger partial charge in [0.1, 0.15) is 0 Å². The second-order valence-electron chi connectivity index (χ2n) is 4.39. The third-order valence-electron chi connectivity index (χ3n) is 2.84. The summed E-state index contributed by atoms with van der Waals surface area (Å²) in [5.41, 5.74) is 7.10. The Hall–Kier alpha value is -2.24. The number of nitrogens with zero attached hydrogens (tertiary/aromatic N) is 2. The standard InChI is InChI=1S/C13H20N4O2/c1-4-9(12(14)16-19)13(18)15-10-7-5-6-8-11(10)17(2)3/h5-9,19H,4H2,1-3H3,(H2,14,16)(H,15,18). The van der Waals surface area contributed by atoms with E-state index in [9.17, 15) is 4.79 Å². The number of carbonyl (C=O) groups is 1. The van der Waals surface area contributed by atoms with Crippen molar-refractivity contribution in [3.63, 3.8) is 0 Å². The van der Waals surface area contributed by atoms with Gasteiger partial charge < -0.3 is 21.2 Å². The first-order chi connectivity index (χ1) is 9.01. The Balaban J connectivity index is 2.93. The number of oxime groups is 1. The number of nitrogens with two attached hydrogens (primary N) is 1. The monoisotopic (exact) mass is 264 g/mol. The molecule has 1 aromatic carbocycles. The molecular weight excluding hydrogens is 244 g/mol. The molecule has 0 aromatic heterocycles. The van der Waals surface area contributed by atoms with Gasteiger partial charge >= 0.3 is 0 Å². The zero-order valence-corrected chi connectivity index (χ0v) is 11.4. The maximum Gasteiger partial charge on any atom is 0.235 e. The Morgan fingerprint density at radius 1 is 1.47 bits per heavy atom. The Morgan fingerprint density at radius 2 is 2.11 bits per heavy atom. The molecule has 0 saturated carbocycles. The van der Waals surface area contributed by atoms with Gasteiger partial charge in [-0.1, -0.05) is 24.2 Å². The fraction of sp³-hybridized carbons (Fsp3) is 0.385. The molecule has 1 amide bonds. The van der Waals surface area contributed by atoms with E-state index in [-0.39, 0.29) is 11.7 Å². The molecule has 0 bridgehead atoms. The quantitative estimate of drug-likeness (QED) is 0.325. The van der Waals surface area contributed by atoms with E-state index in [0.29, 0.717) is 12.1 Å².